The van der Waals surface area contributed by atoms with Crippen LogP contribution in [0.2, 0.25) is 0 Å². The molecule has 0 unspecified atom stereocenters. The summed E-state index contributed by atoms with van der Waals surface area (Å²) < 4.78 is 14.0. The zero-order valence-electron chi connectivity index (χ0n) is 10.7. The third-order valence-electron chi connectivity index (χ3n) is 2.91. The quantitative estimate of drug-likeness (QED) is 0.782. The molecule has 2 aromatic rings. The molecule has 0 amide bonds. The summed E-state index contributed by atoms with van der Waals surface area (Å²) >= 11 is 3.30. The SMILES string of the molecule is Fc1cc(Br)cc(CNCCCc2ccccc2)c1. The van der Waals surface area contributed by atoms with Crippen molar-refractivity contribution >= 4 is 15.9 Å². The van der Waals surface area contributed by atoms with Crippen LogP contribution in [0, 0.1) is 5.82 Å². The number of hydrogen-bond donors (Lipinski definition) is 1. The van der Waals surface area contributed by atoms with Gasteiger partial charge in [-0.15, -0.1) is 0 Å². The van der Waals surface area contributed by atoms with Crippen LogP contribution in [-0.2, 0) is 13.0 Å². The lowest BCUT2D eigenvalue weighted by atomic mass is 10.1. The predicted octanol–water partition coefficient (Wildman–Crippen LogP) is 4.31. The first-order valence-corrected chi connectivity index (χ1v) is 7.23. The smallest absolute Gasteiger partial charge is 0.124 e. The van der Waals surface area contributed by atoms with E-state index in [1.165, 1.54) is 11.6 Å². The topological polar surface area (TPSA) is 12.0 Å². The van der Waals surface area contributed by atoms with E-state index in [-0.39, 0.29) is 5.82 Å². The van der Waals surface area contributed by atoms with E-state index in [2.05, 4.69) is 45.5 Å². The number of benzene rings is 2. The van der Waals surface area contributed by atoms with Crippen LogP contribution in [0.15, 0.2) is 53.0 Å². The highest BCUT2D eigenvalue weighted by Gasteiger charge is 1.99. The second-order valence-electron chi connectivity index (χ2n) is 4.54. The molecule has 0 spiro atoms. The second kappa shape index (κ2) is 7.41. The summed E-state index contributed by atoms with van der Waals surface area (Å²) in [4.78, 5) is 0. The van der Waals surface area contributed by atoms with Crippen molar-refractivity contribution in [3.05, 3.63) is 69.9 Å². The zero-order chi connectivity index (χ0) is 13.5. The number of halogens is 2. The highest BCUT2D eigenvalue weighted by Crippen LogP contribution is 2.14. The van der Waals surface area contributed by atoms with Crippen molar-refractivity contribution < 1.29 is 4.39 Å². The van der Waals surface area contributed by atoms with Crippen molar-refractivity contribution in [1.29, 1.82) is 0 Å². The summed E-state index contributed by atoms with van der Waals surface area (Å²) in [5, 5.41) is 3.34. The number of aryl methyl sites for hydroxylation is 1. The lowest BCUT2D eigenvalue weighted by Crippen LogP contribution is -2.15. The first-order chi connectivity index (χ1) is 9.24. The maximum atomic E-state index is 13.2. The molecule has 100 valence electrons. The summed E-state index contributed by atoms with van der Waals surface area (Å²) in [5.74, 6) is -0.199. The molecule has 1 N–H and O–H groups in total. The Morgan fingerprint density at radius 3 is 2.53 bits per heavy atom. The molecule has 0 aliphatic carbocycles. The molecular formula is C16H17BrFN. The van der Waals surface area contributed by atoms with Gasteiger partial charge in [0.25, 0.3) is 0 Å². The van der Waals surface area contributed by atoms with Gasteiger partial charge in [0.1, 0.15) is 5.82 Å². The summed E-state index contributed by atoms with van der Waals surface area (Å²) in [5.41, 5.74) is 2.32. The van der Waals surface area contributed by atoms with Crippen LogP contribution in [-0.4, -0.2) is 6.54 Å². The van der Waals surface area contributed by atoms with Gasteiger partial charge in [-0.3, -0.25) is 0 Å². The Balaban J connectivity index is 1.69. The Morgan fingerprint density at radius 2 is 1.79 bits per heavy atom. The third kappa shape index (κ3) is 5.13. The fraction of sp³-hybridized carbons (Fsp3) is 0.250. The molecule has 3 heteroatoms. The molecule has 0 heterocycles. The van der Waals surface area contributed by atoms with Crippen LogP contribution in [0.4, 0.5) is 4.39 Å². The monoisotopic (exact) mass is 321 g/mol. The number of rotatable bonds is 6. The number of hydrogen-bond acceptors (Lipinski definition) is 1. The average molecular weight is 322 g/mol. The first kappa shape index (κ1) is 14.2. The van der Waals surface area contributed by atoms with E-state index in [9.17, 15) is 4.39 Å². The summed E-state index contributed by atoms with van der Waals surface area (Å²) in [6, 6.07) is 15.4. The molecule has 1 nitrogen and oxygen atoms in total. The van der Waals surface area contributed by atoms with Crippen molar-refractivity contribution in [3.63, 3.8) is 0 Å². The number of nitrogens with one attached hydrogen (secondary N) is 1. The van der Waals surface area contributed by atoms with Crippen molar-refractivity contribution in [2.45, 2.75) is 19.4 Å². The molecule has 0 aliphatic heterocycles. The molecule has 0 fully saturated rings. The molecule has 2 rings (SSSR count). The van der Waals surface area contributed by atoms with Gasteiger partial charge < -0.3 is 5.32 Å². The van der Waals surface area contributed by atoms with Gasteiger partial charge in [0.05, 0.1) is 0 Å². The van der Waals surface area contributed by atoms with Gasteiger partial charge in [-0.2, -0.15) is 0 Å². The molecule has 19 heavy (non-hydrogen) atoms. The van der Waals surface area contributed by atoms with Gasteiger partial charge in [-0.1, -0.05) is 46.3 Å². The molecule has 2 aromatic carbocycles. The van der Waals surface area contributed by atoms with Gasteiger partial charge >= 0.3 is 0 Å². The maximum Gasteiger partial charge on any atom is 0.124 e. The Labute approximate surface area is 122 Å². The standard InChI is InChI=1S/C16H17BrFN/c17-15-9-14(10-16(18)11-15)12-19-8-4-7-13-5-2-1-3-6-13/h1-3,5-6,9-11,19H,4,7-8,12H2. The Bertz CT molecular complexity index is 493. The molecule has 0 saturated carbocycles. The van der Waals surface area contributed by atoms with Crippen LogP contribution in [0.3, 0.4) is 0 Å². The van der Waals surface area contributed by atoms with Crippen LogP contribution >= 0.6 is 15.9 Å². The molecule has 0 atom stereocenters. The highest BCUT2D eigenvalue weighted by molar-refractivity contribution is 9.10. The second-order valence-corrected chi connectivity index (χ2v) is 5.46. The third-order valence-corrected chi connectivity index (χ3v) is 3.37. The van der Waals surface area contributed by atoms with Crippen molar-refractivity contribution in [1.82, 2.24) is 5.32 Å². The maximum absolute atomic E-state index is 13.2. The largest absolute Gasteiger partial charge is 0.313 e. The molecule has 0 aromatic heterocycles. The van der Waals surface area contributed by atoms with E-state index in [1.54, 1.807) is 6.07 Å². The van der Waals surface area contributed by atoms with Crippen LogP contribution in [0.1, 0.15) is 17.5 Å². The van der Waals surface area contributed by atoms with E-state index in [0.717, 1.165) is 29.4 Å². The summed E-state index contributed by atoms with van der Waals surface area (Å²) in [6.45, 7) is 1.63. The Kier molecular flexibility index (Phi) is 5.55. The average Bonchev–Trinajstić information content (AvgIpc) is 2.38. The van der Waals surface area contributed by atoms with Gasteiger partial charge in [-0.05, 0) is 48.7 Å². The van der Waals surface area contributed by atoms with Crippen molar-refractivity contribution in [3.8, 4) is 0 Å². The van der Waals surface area contributed by atoms with Gasteiger partial charge in [0, 0.05) is 11.0 Å². The predicted molar refractivity (Wildman–Crippen MR) is 80.6 cm³/mol. The van der Waals surface area contributed by atoms with E-state index in [1.807, 2.05) is 12.1 Å². The van der Waals surface area contributed by atoms with Crippen LogP contribution < -0.4 is 5.32 Å². The van der Waals surface area contributed by atoms with Crippen LogP contribution in [0.5, 0.6) is 0 Å². The molecule has 0 radical (unpaired) electrons. The minimum Gasteiger partial charge on any atom is -0.313 e. The summed E-state index contributed by atoms with van der Waals surface area (Å²) in [6.07, 6.45) is 2.15. The summed E-state index contributed by atoms with van der Waals surface area (Å²) in [7, 11) is 0. The van der Waals surface area contributed by atoms with E-state index in [0.29, 0.717) is 6.54 Å². The fourth-order valence-corrected chi connectivity index (χ4v) is 2.52. The minimum absolute atomic E-state index is 0.199. The molecule has 0 bridgehead atoms. The lowest BCUT2D eigenvalue weighted by molar-refractivity contribution is 0.615. The Morgan fingerprint density at radius 1 is 1.00 bits per heavy atom. The van der Waals surface area contributed by atoms with E-state index in [4.69, 9.17) is 0 Å². The normalized spacial score (nSPS) is 10.6. The van der Waals surface area contributed by atoms with Gasteiger partial charge in [-0.25, -0.2) is 4.39 Å². The lowest BCUT2D eigenvalue weighted by Gasteiger charge is -2.06. The van der Waals surface area contributed by atoms with Crippen LogP contribution in [0.25, 0.3) is 0 Å². The van der Waals surface area contributed by atoms with Gasteiger partial charge in [0.2, 0.25) is 0 Å². The van der Waals surface area contributed by atoms with Crippen molar-refractivity contribution in [2.24, 2.45) is 0 Å². The molecule has 0 aliphatic rings. The van der Waals surface area contributed by atoms with E-state index >= 15 is 0 Å². The molecule has 0 saturated heterocycles. The minimum atomic E-state index is -0.199. The Hall–Kier alpha value is -1.19. The zero-order valence-corrected chi connectivity index (χ0v) is 12.3. The first-order valence-electron chi connectivity index (χ1n) is 6.43. The van der Waals surface area contributed by atoms with E-state index < -0.39 is 0 Å². The molecular weight excluding hydrogens is 305 g/mol. The highest BCUT2D eigenvalue weighted by atomic mass is 79.9. The van der Waals surface area contributed by atoms with Gasteiger partial charge in [0.15, 0.2) is 0 Å². The van der Waals surface area contributed by atoms with Crippen molar-refractivity contribution in [2.75, 3.05) is 6.54 Å². The fourth-order valence-electron chi connectivity index (χ4n) is 2.01.